The number of anilines is 1. The maximum atomic E-state index is 12.4. The summed E-state index contributed by atoms with van der Waals surface area (Å²) in [5, 5.41) is 0. The standard InChI is InChI=1S/C17H24N2O2/c1-16(2,3)21-15(20)19-9-6-12-10-13(18)4-5-14(12)17(11-19)7-8-17/h4-5,10H,6-9,11,18H2,1-3H3. The smallest absolute Gasteiger partial charge is 0.410 e. The Hall–Kier alpha value is -1.71. The lowest BCUT2D eigenvalue weighted by Crippen LogP contribution is -2.40. The highest BCUT2D eigenvalue weighted by atomic mass is 16.6. The average molecular weight is 288 g/mol. The molecule has 4 nitrogen and oxygen atoms in total. The van der Waals surface area contributed by atoms with Crippen LogP contribution in [-0.2, 0) is 16.6 Å². The molecule has 0 bridgehead atoms. The number of benzene rings is 1. The van der Waals surface area contributed by atoms with Crippen LogP contribution in [0.1, 0.15) is 44.7 Å². The minimum Gasteiger partial charge on any atom is -0.444 e. The Balaban J connectivity index is 1.84. The van der Waals surface area contributed by atoms with Gasteiger partial charge < -0.3 is 15.4 Å². The van der Waals surface area contributed by atoms with E-state index in [4.69, 9.17) is 10.5 Å². The van der Waals surface area contributed by atoms with Gasteiger partial charge in [0, 0.05) is 24.2 Å². The van der Waals surface area contributed by atoms with E-state index in [9.17, 15) is 4.79 Å². The van der Waals surface area contributed by atoms with Crippen LogP contribution in [0.2, 0.25) is 0 Å². The second kappa shape index (κ2) is 4.65. The maximum absolute atomic E-state index is 12.4. The summed E-state index contributed by atoms with van der Waals surface area (Å²) in [4.78, 5) is 14.2. The molecular weight excluding hydrogens is 264 g/mol. The Morgan fingerprint density at radius 2 is 2.05 bits per heavy atom. The molecule has 0 saturated heterocycles. The van der Waals surface area contributed by atoms with Crippen molar-refractivity contribution in [3.05, 3.63) is 29.3 Å². The first-order chi connectivity index (χ1) is 9.79. The average Bonchev–Trinajstić information content (AvgIpc) is 3.14. The summed E-state index contributed by atoms with van der Waals surface area (Å²) in [6, 6.07) is 6.19. The van der Waals surface area contributed by atoms with Crippen molar-refractivity contribution in [3.8, 4) is 0 Å². The molecule has 0 aromatic heterocycles. The van der Waals surface area contributed by atoms with Gasteiger partial charge in [0.25, 0.3) is 0 Å². The van der Waals surface area contributed by atoms with Crippen molar-refractivity contribution < 1.29 is 9.53 Å². The fourth-order valence-electron chi connectivity index (χ4n) is 3.18. The molecule has 3 rings (SSSR count). The third-order valence-electron chi connectivity index (χ3n) is 4.35. The molecule has 1 heterocycles. The lowest BCUT2D eigenvalue weighted by molar-refractivity contribution is 0.0240. The van der Waals surface area contributed by atoms with Crippen molar-refractivity contribution in [2.24, 2.45) is 0 Å². The summed E-state index contributed by atoms with van der Waals surface area (Å²) in [6.07, 6.45) is 2.93. The van der Waals surface area contributed by atoms with Crippen LogP contribution in [0.3, 0.4) is 0 Å². The van der Waals surface area contributed by atoms with Crippen LogP contribution >= 0.6 is 0 Å². The van der Waals surface area contributed by atoms with Gasteiger partial charge in [-0.15, -0.1) is 0 Å². The first-order valence-electron chi connectivity index (χ1n) is 7.66. The number of fused-ring (bicyclic) bond motifs is 2. The third kappa shape index (κ3) is 2.85. The maximum Gasteiger partial charge on any atom is 0.410 e. The minimum atomic E-state index is -0.447. The number of nitrogens with zero attached hydrogens (tertiary/aromatic N) is 1. The molecule has 0 unspecified atom stereocenters. The van der Waals surface area contributed by atoms with Crippen molar-refractivity contribution in [2.75, 3.05) is 18.8 Å². The monoisotopic (exact) mass is 288 g/mol. The molecule has 1 aromatic carbocycles. The molecule has 1 spiro atoms. The van der Waals surface area contributed by atoms with E-state index in [2.05, 4.69) is 12.1 Å². The Kier molecular flexibility index (Phi) is 3.15. The molecule has 0 radical (unpaired) electrons. The zero-order valence-corrected chi connectivity index (χ0v) is 13.1. The van der Waals surface area contributed by atoms with Gasteiger partial charge in [0.1, 0.15) is 5.60 Å². The molecule has 1 aromatic rings. The molecule has 1 amide bonds. The van der Waals surface area contributed by atoms with Crippen LogP contribution in [-0.4, -0.2) is 29.7 Å². The molecule has 2 aliphatic rings. The van der Waals surface area contributed by atoms with E-state index in [1.54, 1.807) is 0 Å². The number of rotatable bonds is 0. The van der Waals surface area contributed by atoms with Crippen LogP contribution < -0.4 is 5.73 Å². The minimum absolute atomic E-state index is 0.135. The fourth-order valence-corrected chi connectivity index (χ4v) is 3.18. The number of nitrogens with two attached hydrogens (primary N) is 1. The summed E-state index contributed by atoms with van der Waals surface area (Å²) in [6.45, 7) is 7.19. The lowest BCUT2D eigenvalue weighted by atomic mass is 9.91. The number of ether oxygens (including phenoxy) is 1. The largest absolute Gasteiger partial charge is 0.444 e. The SMILES string of the molecule is CC(C)(C)OC(=O)N1CCc2cc(N)ccc2C2(CC2)C1. The first kappa shape index (κ1) is 14.2. The molecular formula is C17H24N2O2. The number of amides is 1. The quantitative estimate of drug-likeness (QED) is 0.746. The molecule has 1 aliphatic heterocycles. The van der Waals surface area contributed by atoms with E-state index in [0.717, 1.165) is 31.5 Å². The van der Waals surface area contributed by atoms with E-state index < -0.39 is 5.60 Å². The van der Waals surface area contributed by atoms with Crippen LogP contribution in [0.5, 0.6) is 0 Å². The van der Waals surface area contributed by atoms with Crippen LogP contribution in [0.4, 0.5) is 10.5 Å². The molecule has 114 valence electrons. The molecule has 1 fully saturated rings. The number of nitrogen functional groups attached to an aromatic ring is 1. The van der Waals surface area contributed by atoms with Gasteiger partial charge in [0.15, 0.2) is 0 Å². The highest BCUT2D eigenvalue weighted by molar-refractivity contribution is 5.69. The van der Waals surface area contributed by atoms with Crippen molar-refractivity contribution in [1.29, 1.82) is 0 Å². The Bertz CT molecular complexity index is 571. The van der Waals surface area contributed by atoms with Crippen molar-refractivity contribution in [1.82, 2.24) is 4.90 Å². The second-order valence-electron chi connectivity index (χ2n) is 7.35. The highest BCUT2D eigenvalue weighted by Gasteiger charge is 2.49. The van der Waals surface area contributed by atoms with Gasteiger partial charge in [-0.3, -0.25) is 0 Å². The van der Waals surface area contributed by atoms with Crippen molar-refractivity contribution in [2.45, 2.75) is 51.0 Å². The van der Waals surface area contributed by atoms with E-state index in [0.29, 0.717) is 6.54 Å². The Morgan fingerprint density at radius 3 is 2.67 bits per heavy atom. The number of carbonyl (C=O) groups is 1. The van der Waals surface area contributed by atoms with Gasteiger partial charge in [-0.25, -0.2) is 4.79 Å². The Morgan fingerprint density at radius 1 is 1.33 bits per heavy atom. The zero-order chi connectivity index (χ0) is 15.3. The van der Waals surface area contributed by atoms with E-state index >= 15 is 0 Å². The molecule has 0 atom stereocenters. The number of hydrogen-bond donors (Lipinski definition) is 1. The summed E-state index contributed by atoms with van der Waals surface area (Å²) in [7, 11) is 0. The number of hydrogen-bond acceptors (Lipinski definition) is 3. The molecule has 1 aliphatic carbocycles. The van der Waals surface area contributed by atoms with E-state index in [1.807, 2.05) is 31.7 Å². The van der Waals surface area contributed by atoms with Gasteiger partial charge in [0.05, 0.1) is 0 Å². The topological polar surface area (TPSA) is 55.6 Å². The second-order valence-corrected chi connectivity index (χ2v) is 7.35. The fraction of sp³-hybridized carbons (Fsp3) is 0.588. The predicted molar refractivity (Wildman–Crippen MR) is 83.3 cm³/mol. The van der Waals surface area contributed by atoms with Gasteiger partial charge in [-0.1, -0.05) is 6.07 Å². The Labute approximate surface area is 126 Å². The van der Waals surface area contributed by atoms with Crippen LogP contribution in [0, 0.1) is 0 Å². The van der Waals surface area contributed by atoms with Gasteiger partial charge in [-0.05, 0) is 63.3 Å². The van der Waals surface area contributed by atoms with E-state index in [-0.39, 0.29) is 11.5 Å². The molecule has 21 heavy (non-hydrogen) atoms. The summed E-state index contributed by atoms with van der Waals surface area (Å²) in [5.74, 6) is 0. The van der Waals surface area contributed by atoms with Gasteiger partial charge in [0.2, 0.25) is 0 Å². The van der Waals surface area contributed by atoms with E-state index in [1.165, 1.54) is 11.1 Å². The summed E-state index contributed by atoms with van der Waals surface area (Å²) in [5.41, 5.74) is 9.07. The molecule has 4 heteroatoms. The number of carbonyl (C=O) groups excluding carboxylic acids is 1. The van der Waals surface area contributed by atoms with Crippen molar-refractivity contribution in [3.63, 3.8) is 0 Å². The molecule has 1 saturated carbocycles. The highest BCUT2D eigenvalue weighted by Crippen LogP contribution is 2.51. The van der Waals surface area contributed by atoms with Crippen molar-refractivity contribution >= 4 is 11.8 Å². The summed E-state index contributed by atoms with van der Waals surface area (Å²) < 4.78 is 5.54. The predicted octanol–water partition coefficient (Wildman–Crippen LogP) is 3.09. The normalized spacial score (nSPS) is 19.9. The van der Waals surface area contributed by atoms with Gasteiger partial charge >= 0.3 is 6.09 Å². The van der Waals surface area contributed by atoms with Gasteiger partial charge in [-0.2, -0.15) is 0 Å². The zero-order valence-electron chi connectivity index (χ0n) is 13.1. The lowest BCUT2D eigenvalue weighted by Gasteiger charge is -2.28. The summed E-state index contributed by atoms with van der Waals surface area (Å²) >= 11 is 0. The molecule has 2 N–H and O–H groups in total. The van der Waals surface area contributed by atoms with Crippen LogP contribution in [0.25, 0.3) is 0 Å². The third-order valence-corrected chi connectivity index (χ3v) is 4.35. The van der Waals surface area contributed by atoms with Crippen LogP contribution in [0.15, 0.2) is 18.2 Å². The first-order valence-corrected chi connectivity index (χ1v) is 7.66.